The van der Waals surface area contributed by atoms with Crippen molar-refractivity contribution in [1.29, 1.82) is 5.26 Å². The number of rotatable bonds is 2. The van der Waals surface area contributed by atoms with Crippen LogP contribution in [0.15, 0.2) is 84.7 Å². The molecule has 0 spiro atoms. The Labute approximate surface area is 134 Å². The zero-order chi connectivity index (χ0) is 16.1. The third-order valence-corrected chi connectivity index (χ3v) is 3.48. The van der Waals surface area contributed by atoms with Crippen molar-refractivity contribution in [3.8, 4) is 11.8 Å². The van der Waals surface area contributed by atoms with Crippen LogP contribution in [0.4, 0.5) is 4.79 Å². The molecule has 1 unspecified atom stereocenters. The van der Waals surface area contributed by atoms with Gasteiger partial charge in [0.05, 0.1) is 0 Å². The first kappa shape index (κ1) is 14.6. The third kappa shape index (κ3) is 3.30. The van der Waals surface area contributed by atoms with Gasteiger partial charge < -0.3 is 4.74 Å². The molecule has 0 aliphatic carbocycles. The number of hydrogen-bond acceptors (Lipinski definition) is 3. The van der Waals surface area contributed by atoms with E-state index < -0.39 is 6.09 Å². The fraction of sp³-hybridized carbons (Fsp3) is 0.0526. The molecule has 0 bridgehead atoms. The lowest BCUT2D eigenvalue weighted by molar-refractivity contribution is 0.179. The monoisotopic (exact) mass is 302 g/mol. The topological polar surface area (TPSA) is 53.3 Å². The van der Waals surface area contributed by atoms with Gasteiger partial charge in [0.25, 0.3) is 0 Å². The van der Waals surface area contributed by atoms with E-state index in [1.54, 1.807) is 36.5 Å². The van der Waals surface area contributed by atoms with E-state index >= 15 is 0 Å². The van der Waals surface area contributed by atoms with Crippen molar-refractivity contribution in [3.05, 3.63) is 90.3 Å². The van der Waals surface area contributed by atoms with Crippen LogP contribution < -0.4 is 4.74 Å². The van der Waals surface area contributed by atoms with Crippen molar-refractivity contribution in [2.45, 2.75) is 5.92 Å². The van der Waals surface area contributed by atoms with E-state index in [2.05, 4.69) is 6.07 Å². The maximum atomic E-state index is 12.2. The molecule has 0 aromatic heterocycles. The summed E-state index contributed by atoms with van der Waals surface area (Å²) in [6.45, 7) is 0. The standard InChI is InChI=1S/C19H14N2O2/c20-14-17-13-16(15-7-3-1-4-8-15)11-12-21(17)19(22)23-18-9-5-2-6-10-18/h1-13,16H. The lowest BCUT2D eigenvalue weighted by Gasteiger charge is -2.23. The molecule has 0 N–H and O–H groups in total. The number of carbonyl (C=O) groups is 1. The summed E-state index contributed by atoms with van der Waals surface area (Å²) in [6, 6.07) is 20.6. The fourth-order valence-electron chi connectivity index (χ4n) is 2.34. The summed E-state index contributed by atoms with van der Waals surface area (Å²) in [7, 11) is 0. The van der Waals surface area contributed by atoms with Crippen molar-refractivity contribution < 1.29 is 9.53 Å². The molecule has 2 aromatic carbocycles. The number of amides is 1. The highest BCUT2D eigenvalue weighted by molar-refractivity contribution is 5.75. The Bertz CT molecular complexity index is 789. The molecule has 1 amide bonds. The number of para-hydroxylation sites is 1. The van der Waals surface area contributed by atoms with Gasteiger partial charge in [-0.2, -0.15) is 5.26 Å². The van der Waals surface area contributed by atoms with Crippen LogP contribution in [0.1, 0.15) is 11.5 Å². The van der Waals surface area contributed by atoms with Crippen LogP contribution in [-0.4, -0.2) is 11.0 Å². The Hall–Kier alpha value is -3.32. The van der Waals surface area contributed by atoms with Crippen LogP contribution in [0.2, 0.25) is 0 Å². The molecule has 4 heteroatoms. The van der Waals surface area contributed by atoms with E-state index in [9.17, 15) is 10.1 Å². The fourth-order valence-corrected chi connectivity index (χ4v) is 2.34. The lowest BCUT2D eigenvalue weighted by atomic mass is 9.96. The minimum absolute atomic E-state index is 0.0355. The number of allylic oxidation sites excluding steroid dienone is 3. The molecule has 1 atom stereocenters. The number of nitrogens with zero attached hydrogens (tertiary/aromatic N) is 2. The quantitative estimate of drug-likeness (QED) is 0.835. The van der Waals surface area contributed by atoms with Gasteiger partial charge in [0.1, 0.15) is 17.5 Å². The second-order valence-corrected chi connectivity index (χ2v) is 4.99. The van der Waals surface area contributed by atoms with Crippen molar-refractivity contribution in [2.75, 3.05) is 0 Å². The molecule has 0 radical (unpaired) electrons. The summed E-state index contributed by atoms with van der Waals surface area (Å²) < 4.78 is 5.27. The predicted octanol–water partition coefficient (Wildman–Crippen LogP) is 4.21. The minimum Gasteiger partial charge on any atom is -0.410 e. The lowest BCUT2D eigenvalue weighted by Crippen LogP contribution is -2.29. The van der Waals surface area contributed by atoms with Crippen LogP contribution in [0.5, 0.6) is 5.75 Å². The van der Waals surface area contributed by atoms with Crippen molar-refractivity contribution >= 4 is 6.09 Å². The Balaban J connectivity index is 1.79. The highest BCUT2D eigenvalue weighted by atomic mass is 16.6. The highest BCUT2D eigenvalue weighted by Crippen LogP contribution is 2.26. The first-order valence-corrected chi connectivity index (χ1v) is 7.19. The third-order valence-electron chi connectivity index (χ3n) is 3.48. The van der Waals surface area contributed by atoms with Gasteiger partial charge in [-0.15, -0.1) is 0 Å². The van der Waals surface area contributed by atoms with Crippen LogP contribution >= 0.6 is 0 Å². The summed E-state index contributed by atoms with van der Waals surface area (Å²) in [4.78, 5) is 13.5. The van der Waals surface area contributed by atoms with E-state index in [-0.39, 0.29) is 11.6 Å². The van der Waals surface area contributed by atoms with Crippen molar-refractivity contribution in [2.24, 2.45) is 0 Å². The molecule has 1 aliphatic heterocycles. The van der Waals surface area contributed by atoms with Crippen LogP contribution in [0.25, 0.3) is 0 Å². The molecule has 3 rings (SSSR count). The number of carbonyl (C=O) groups excluding carboxylic acids is 1. The first-order chi connectivity index (χ1) is 11.3. The van der Waals surface area contributed by atoms with Gasteiger partial charge in [0.15, 0.2) is 0 Å². The minimum atomic E-state index is -0.605. The summed E-state index contributed by atoms with van der Waals surface area (Å²) in [5, 5.41) is 9.34. The van der Waals surface area contributed by atoms with Gasteiger partial charge in [-0.05, 0) is 23.8 Å². The molecule has 0 saturated heterocycles. The Morgan fingerprint density at radius 1 is 1.04 bits per heavy atom. The second kappa shape index (κ2) is 6.63. The van der Waals surface area contributed by atoms with Crippen LogP contribution in [-0.2, 0) is 0 Å². The molecule has 23 heavy (non-hydrogen) atoms. The predicted molar refractivity (Wildman–Crippen MR) is 86.3 cm³/mol. The van der Waals surface area contributed by atoms with Gasteiger partial charge in [-0.1, -0.05) is 54.6 Å². The molecule has 1 aliphatic rings. The summed E-state index contributed by atoms with van der Waals surface area (Å²) >= 11 is 0. The Kier molecular flexibility index (Phi) is 4.21. The highest BCUT2D eigenvalue weighted by Gasteiger charge is 2.23. The molecule has 0 fully saturated rings. The first-order valence-electron chi connectivity index (χ1n) is 7.19. The average molecular weight is 302 g/mol. The van der Waals surface area contributed by atoms with Crippen molar-refractivity contribution in [1.82, 2.24) is 4.90 Å². The Morgan fingerprint density at radius 2 is 1.70 bits per heavy atom. The van der Waals surface area contributed by atoms with Gasteiger partial charge in [-0.3, -0.25) is 0 Å². The van der Waals surface area contributed by atoms with Gasteiger partial charge in [0.2, 0.25) is 0 Å². The number of benzene rings is 2. The maximum Gasteiger partial charge on any atom is 0.424 e. The molecule has 112 valence electrons. The van der Waals surface area contributed by atoms with E-state index in [0.717, 1.165) is 5.56 Å². The summed E-state index contributed by atoms with van der Waals surface area (Å²) in [5.74, 6) is 0.403. The van der Waals surface area contributed by atoms with Gasteiger partial charge in [0, 0.05) is 12.1 Å². The second-order valence-electron chi connectivity index (χ2n) is 4.99. The Morgan fingerprint density at radius 3 is 2.35 bits per heavy atom. The van der Waals surface area contributed by atoms with Gasteiger partial charge >= 0.3 is 6.09 Å². The molecule has 2 aromatic rings. The van der Waals surface area contributed by atoms with E-state index in [4.69, 9.17) is 4.74 Å². The summed E-state index contributed by atoms with van der Waals surface area (Å²) in [6.07, 6.45) is 4.60. The smallest absolute Gasteiger partial charge is 0.410 e. The maximum absolute atomic E-state index is 12.2. The largest absolute Gasteiger partial charge is 0.424 e. The van der Waals surface area contributed by atoms with Crippen LogP contribution in [0.3, 0.4) is 0 Å². The van der Waals surface area contributed by atoms with E-state index in [0.29, 0.717) is 5.75 Å². The molecular formula is C19H14N2O2. The van der Waals surface area contributed by atoms with Gasteiger partial charge in [-0.25, -0.2) is 9.69 Å². The number of nitriles is 1. The molecule has 1 heterocycles. The summed E-state index contributed by atoms with van der Waals surface area (Å²) in [5.41, 5.74) is 1.31. The van der Waals surface area contributed by atoms with Crippen molar-refractivity contribution in [3.63, 3.8) is 0 Å². The molecule has 4 nitrogen and oxygen atoms in total. The number of ether oxygens (including phenoxy) is 1. The molecular weight excluding hydrogens is 288 g/mol. The van der Waals surface area contributed by atoms with E-state index in [1.165, 1.54) is 4.90 Å². The normalized spacial score (nSPS) is 16.4. The zero-order valence-electron chi connectivity index (χ0n) is 12.3. The average Bonchev–Trinajstić information content (AvgIpc) is 2.62. The molecule has 0 saturated carbocycles. The van der Waals surface area contributed by atoms with E-state index in [1.807, 2.05) is 42.5 Å². The van der Waals surface area contributed by atoms with Crippen LogP contribution in [0, 0.1) is 11.3 Å². The SMILES string of the molecule is N#CC1=CC(c2ccccc2)C=CN1C(=O)Oc1ccccc1. The zero-order valence-corrected chi connectivity index (χ0v) is 12.3. The number of hydrogen-bond donors (Lipinski definition) is 0.